The minimum absolute atomic E-state index is 0.0308. The lowest BCUT2D eigenvalue weighted by atomic mass is 10.2. The van der Waals surface area contributed by atoms with Crippen LogP contribution in [0.4, 0.5) is 15.8 Å². The van der Waals surface area contributed by atoms with Crippen molar-refractivity contribution in [2.45, 2.75) is 6.61 Å². The van der Waals surface area contributed by atoms with Crippen LogP contribution in [0.1, 0.15) is 11.1 Å². The maximum absolute atomic E-state index is 13.1. The molecule has 0 bridgehead atoms. The molecule has 1 heterocycles. The van der Waals surface area contributed by atoms with Gasteiger partial charge in [-0.05, 0) is 65.4 Å². The Bertz CT molecular complexity index is 1320. The van der Waals surface area contributed by atoms with Gasteiger partial charge in [0.2, 0.25) is 0 Å². The van der Waals surface area contributed by atoms with Crippen LogP contribution in [-0.4, -0.2) is 16.0 Å². The first-order valence-electron chi connectivity index (χ1n) is 9.69. The Kier molecular flexibility index (Phi) is 7.16. The Labute approximate surface area is 207 Å². The zero-order chi connectivity index (χ0) is 24.2. The monoisotopic (exact) mass is 517 g/mol. The molecule has 1 aliphatic heterocycles. The van der Waals surface area contributed by atoms with Gasteiger partial charge in [-0.2, -0.15) is 0 Å². The maximum Gasteiger partial charge on any atom is 0.269 e. The molecule has 7 nitrogen and oxygen atoms in total. The summed E-state index contributed by atoms with van der Waals surface area (Å²) in [5.41, 5.74) is 1.61. The smallest absolute Gasteiger partial charge is 0.269 e. The van der Waals surface area contributed by atoms with Gasteiger partial charge in [-0.1, -0.05) is 35.3 Å². The molecular formula is C23H14Cl2FN3O4S. The minimum Gasteiger partial charge on any atom is -0.486 e. The molecule has 0 aromatic heterocycles. The summed E-state index contributed by atoms with van der Waals surface area (Å²) >= 11 is 13.8. The summed E-state index contributed by atoms with van der Waals surface area (Å²) in [6, 6.07) is 14.8. The molecule has 0 radical (unpaired) electrons. The molecule has 0 aliphatic carbocycles. The molecule has 0 spiro atoms. The topological polar surface area (TPSA) is 93.8 Å². The van der Waals surface area contributed by atoms with Crippen LogP contribution >= 0.6 is 35.0 Å². The fourth-order valence-electron chi connectivity index (χ4n) is 2.98. The number of ether oxygens (including phenoxy) is 1. The van der Waals surface area contributed by atoms with Gasteiger partial charge in [-0.25, -0.2) is 9.38 Å². The van der Waals surface area contributed by atoms with Crippen molar-refractivity contribution in [2.75, 3.05) is 0 Å². The number of rotatable bonds is 6. The molecule has 4 rings (SSSR count). The second kappa shape index (κ2) is 10.3. The number of carbonyl (C=O) groups excluding carboxylic acids is 1. The maximum atomic E-state index is 13.1. The van der Waals surface area contributed by atoms with Gasteiger partial charge in [-0.15, -0.1) is 0 Å². The second-order valence-electron chi connectivity index (χ2n) is 6.99. The molecule has 34 heavy (non-hydrogen) atoms. The number of nitro groups is 1. The molecule has 1 amide bonds. The van der Waals surface area contributed by atoms with Gasteiger partial charge in [0, 0.05) is 12.1 Å². The summed E-state index contributed by atoms with van der Waals surface area (Å²) in [6.45, 7) is 0.0308. The van der Waals surface area contributed by atoms with Gasteiger partial charge in [0.1, 0.15) is 12.4 Å². The first kappa shape index (κ1) is 23.7. The van der Waals surface area contributed by atoms with E-state index in [9.17, 15) is 19.3 Å². The number of carbonyl (C=O) groups is 1. The van der Waals surface area contributed by atoms with Crippen LogP contribution in [0.25, 0.3) is 6.08 Å². The van der Waals surface area contributed by atoms with E-state index in [-0.39, 0.29) is 39.8 Å². The van der Waals surface area contributed by atoms with Gasteiger partial charge < -0.3 is 10.1 Å². The number of hydrogen-bond acceptors (Lipinski definition) is 6. The highest BCUT2D eigenvalue weighted by atomic mass is 35.5. The van der Waals surface area contributed by atoms with Gasteiger partial charge in [0.15, 0.2) is 10.9 Å². The van der Waals surface area contributed by atoms with Crippen LogP contribution in [0.5, 0.6) is 5.75 Å². The molecule has 0 unspecified atom stereocenters. The van der Waals surface area contributed by atoms with Crippen molar-refractivity contribution in [3.63, 3.8) is 0 Å². The lowest BCUT2D eigenvalue weighted by molar-refractivity contribution is -0.384. The summed E-state index contributed by atoms with van der Waals surface area (Å²) in [5.74, 6) is -0.498. The van der Waals surface area contributed by atoms with Gasteiger partial charge in [0.25, 0.3) is 11.6 Å². The van der Waals surface area contributed by atoms with Gasteiger partial charge in [0.05, 0.1) is 25.6 Å². The first-order chi connectivity index (χ1) is 16.3. The van der Waals surface area contributed by atoms with Crippen molar-refractivity contribution in [2.24, 2.45) is 4.99 Å². The minimum atomic E-state index is -0.487. The Morgan fingerprint density at radius 1 is 1.12 bits per heavy atom. The van der Waals surface area contributed by atoms with Crippen molar-refractivity contribution in [3.05, 3.63) is 103 Å². The number of hydrogen-bond donors (Lipinski definition) is 1. The number of nitrogens with zero attached hydrogens (tertiary/aromatic N) is 2. The third-order valence-corrected chi connectivity index (χ3v) is 6.00. The molecule has 1 fully saturated rings. The van der Waals surface area contributed by atoms with Crippen LogP contribution < -0.4 is 10.1 Å². The van der Waals surface area contributed by atoms with Crippen LogP contribution in [0.15, 0.2) is 70.6 Å². The van der Waals surface area contributed by atoms with E-state index in [2.05, 4.69) is 10.3 Å². The van der Waals surface area contributed by atoms with E-state index < -0.39 is 4.92 Å². The summed E-state index contributed by atoms with van der Waals surface area (Å²) in [7, 11) is 0. The van der Waals surface area contributed by atoms with Gasteiger partial charge >= 0.3 is 0 Å². The number of nitro benzene ring substituents is 1. The third-order valence-electron chi connectivity index (χ3n) is 4.53. The molecule has 11 heteroatoms. The lowest BCUT2D eigenvalue weighted by Gasteiger charge is -2.11. The molecule has 3 aromatic carbocycles. The first-order valence-corrected chi connectivity index (χ1v) is 11.3. The van der Waals surface area contributed by atoms with Crippen LogP contribution in [-0.2, 0) is 11.4 Å². The van der Waals surface area contributed by atoms with E-state index in [0.29, 0.717) is 26.9 Å². The Hall–Kier alpha value is -3.40. The van der Waals surface area contributed by atoms with Crippen molar-refractivity contribution in [1.82, 2.24) is 5.32 Å². The Morgan fingerprint density at radius 2 is 1.82 bits per heavy atom. The Morgan fingerprint density at radius 3 is 2.50 bits per heavy atom. The number of amides is 1. The molecule has 1 N–H and O–H groups in total. The number of nitrogens with one attached hydrogen (secondary N) is 1. The third kappa shape index (κ3) is 5.74. The highest BCUT2D eigenvalue weighted by Crippen LogP contribution is 2.37. The number of aliphatic imine (C=N–C) groups is 1. The van der Waals surface area contributed by atoms with E-state index in [1.165, 1.54) is 36.4 Å². The summed E-state index contributed by atoms with van der Waals surface area (Å²) in [4.78, 5) is 27.4. The molecule has 3 aromatic rings. The number of non-ortho nitro benzene ring substituents is 1. The fraction of sp³-hybridized carbons (Fsp3) is 0.0435. The van der Waals surface area contributed by atoms with Crippen LogP contribution in [0.2, 0.25) is 10.0 Å². The lowest BCUT2D eigenvalue weighted by Crippen LogP contribution is -2.19. The summed E-state index contributed by atoms with van der Waals surface area (Å²) in [6.07, 6.45) is 1.61. The molecule has 0 saturated carbocycles. The van der Waals surface area contributed by atoms with E-state index in [4.69, 9.17) is 27.9 Å². The molecule has 1 aliphatic rings. The van der Waals surface area contributed by atoms with E-state index in [0.717, 1.165) is 11.8 Å². The molecule has 1 saturated heterocycles. The summed E-state index contributed by atoms with van der Waals surface area (Å²) in [5, 5.41) is 14.4. The molecule has 0 atom stereocenters. The predicted molar refractivity (Wildman–Crippen MR) is 131 cm³/mol. The van der Waals surface area contributed by atoms with Crippen molar-refractivity contribution in [3.8, 4) is 5.75 Å². The van der Waals surface area contributed by atoms with Crippen molar-refractivity contribution in [1.29, 1.82) is 0 Å². The average molecular weight is 518 g/mol. The van der Waals surface area contributed by atoms with Crippen molar-refractivity contribution < 1.29 is 18.8 Å². The largest absolute Gasteiger partial charge is 0.486 e. The molecule has 172 valence electrons. The second-order valence-corrected chi connectivity index (χ2v) is 8.83. The predicted octanol–water partition coefficient (Wildman–Crippen LogP) is 6.51. The molecular weight excluding hydrogens is 504 g/mol. The van der Waals surface area contributed by atoms with Crippen LogP contribution in [0.3, 0.4) is 0 Å². The van der Waals surface area contributed by atoms with E-state index >= 15 is 0 Å². The van der Waals surface area contributed by atoms with E-state index in [1.807, 2.05) is 0 Å². The zero-order valence-corrected chi connectivity index (χ0v) is 19.5. The average Bonchev–Trinajstić information content (AvgIpc) is 3.13. The normalized spacial score (nSPS) is 15.6. The quantitative estimate of drug-likeness (QED) is 0.228. The zero-order valence-electron chi connectivity index (χ0n) is 17.1. The number of thioether (sulfide) groups is 1. The SMILES string of the molecule is O=C1NC(=Nc2ccc(F)cc2)SC1=Cc1cc(Cl)c(OCc2cccc([N+](=O)[O-])c2)c(Cl)c1. The van der Waals surface area contributed by atoms with Crippen molar-refractivity contribution >= 4 is 63.5 Å². The highest BCUT2D eigenvalue weighted by molar-refractivity contribution is 8.18. The number of halogens is 3. The fourth-order valence-corrected chi connectivity index (χ4v) is 4.44. The highest BCUT2D eigenvalue weighted by Gasteiger charge is 2.24. The number of benzene rings is 3. The number of amidine groups is 1. The summed E-state index contributed by atoms with van der Waals surface area (Å²) < 4.78 is 18.7. The van der Waals surface area contributed by atoms with Gasteiger partial charge in [-0.3, -0.25) is 14.9 Å². The van der Waals surface area contributed by atoms with E-state index in [1.54, 1.807) is 30.3 Å². The Balaban J connectivity index is 1.49. The standard InChI is InChI=1S/C23H14Cl2FN3O4S/c24-18-9-14(10-19(25)21(18)33-12-13-2-1-3-17(8-13)29(31)32)11-20-22(30)28-23(34-20)27-16-6-4-15(26)5-7-16/h1-11H,12H2,(H,27,28,30). The van der Waals surface area contributed by atoms with Crippen LogP contribution in [0, 0.1) is 15.9 Å².